The van der Waals surface area contributed by atoms with Crippen LogP contribution in [0.2, 0.25) is 0 Å². The van der Waals surface area contributed by atoms with E-state index < -0.39 is 0 Å². The highest BCUT2D eigenvalue weighted by molar-refractivity contribution is 5.78. The third kappa shape index (κ3) is 5.05. The molecule has 1 saturated heterocycles. The Morgan fingerprint density at radius 2 is 2.25 bits per heavy atom. The van der Waals surface area contributed by atoms with Gasteiger partial charge in [0.05, 0.1) is 18.4 Å². The lowest BCUT2D eigenvalue weighted by atomic mass is 9.88. The van der Waals surface area contributed by atoms with E-state index in [0.717, 1.165) is 63.4 Å². The quantitative estimate of drug-likeness (QED) is 0.835. The predicted octanol–water partition coefficient (Wildman–Crippen LogP) is 2.01. The maximum atomic E-state index is 12.2. The van der Waals surface area contributed by atoms with Crippen molar-refractivity contribution in [3.05, 3.63) is 17.5 Å². The zero-order valence-corrected chi connectivity index (χ0v) is 14.7. The van der Waals surface area contributed by atoms with Crippen molar-refractivity contribution in [1.82, 2.24) is 20.4 Å². The second-order valence-corrected chi connectivity index (χ2v) is 7.18. The number of aromatic amines is 1. The topological polar surface area (TPSA) is 70.2 Å². The molecule has 3 rings (SSSR count). The first-order chi connectivity index (χ1) is 11.7. The number of amides is 1. The molecule has 2 aliphatic rings. The molecule has 1 amide bonds. The van der Waals surface area contributed by atoms with Gasteiger partial charge in [-0.2, -0.15) is 5.10 Å². The Labute approximate surface area is 144 Å². The van der Waals surface area contributed by atoms with Gasteiger partial charge in [-0.25, -0.2) is 0 Å². The number of rotatable bonds is 6. The molecule has 134 valence electrons. The molecule has 1 aliphatic heterocycles. The Balaban J connectivity index is 1.36. The lowest BCUT2D eigenvalue weighted by molar-refractivity contribution is -0.126. The van der Waals surface area contributed by atoms with Crippen LogP contribution in [0.25, 0.3) is 0 Å². The summed E-state index contributed by atoms with van der Waals surface area (Å²) in [6, 6.07) is 2.09. The molecule has 0 radical (unpaired) electrons. The Kier molecular flexibility index (Phi) is 6.26. The SMILES string of the molecule is Cc1cc(CN2CCOC(CCNC(=O)C3CCCCC3)C2)n[nH]1. The van der Waals surface area contributed by atoms with Crippen molar-refractivity contribution in [2.45, 2.75) is 58.1 Å². The second kappa shape index (κ2) is 8.62. The fourth-order valence-corrected chi connectivity index (χ4v) is 3.75. The molecule has 6 nitrogen and oxygen atoms in total. The number of aryl methyl sites for hydroxylation is 1. The minimum atomic E-state index is 0.199. The van der Waals surface area contributed by atoms with E-state index in [9.17, 15) is 4.79 Å². The summed E-state index contributed by atoms with van der Waals surface area (Å²) >= 11 is 0. The maximum Gasteiger partial charge on any atom is 0.223 e. The second-order valence-electron chi connectivity index (χ2n) is 7.18. The molecule has 1 aliphatic carbocycles. The van der Waals surface area contributed by atoms with Crippen molar-refractivity contribution in [2.75, 3.05) is 26.2 Å². The van der Waals surface area contributed by atoms with Crippen molar-refractivity contribution in [2.24, 2.45) is 5.92 Å². The van der Waals surface area contributed by atoms with Crippen LogP contribution in [0.1, 0.15) is 49.9 Å². The molecule has 1 aromatic rings. The van der Waals surface area contributed by atoms with Crippen LogP contribution in [0.4, 0.5) is 0 Å². The number of hydrogen-bond acceptors (Lipinski definition) is 4. The van der Waals surface area contributed by atoms with Gasteiger partial charge in [0.15, 0.2) is 0 Å². The summed E-state index contributed by atoms with van der Waals surface area (Å²) in [6.07, 6.45) is 6.88. The molecule has 1 atom stereocenters. The van der Waals surface area contributed by atoms with Gasteiger partial charge in [0, 0.05) is 37.8 Å². The van der Waals surface area contributed by atoms with E-state index in [1.807, 2.05) is 6.92 Å². The van der Waals surface area contributed by atoms with E-state index in [1.54, 1.807) is 0 Å². The number of morpholine rings is 1. The van der Waals surface area contributed by atoms with Crippen LogP contribution in [0.15, 0.2) is 6.07 Å². The van der Waals surface area contributed by atoms with Crippen molar-refractivity contribution in [3.8, 4) is 0 Å². The van der Waals surface area contributed by atoms with Crippen molar-refractivity contribution >= 4 is 5.91 Å². The predicted molar refractivity (Wildman–Crippen MR) is 92.5 cm³/mol. The van der Waals surface area contributed by atoms with Crippen LogP contribution < -0.4 is 5.32 Å². The average molecular weight is 334 g/mol. The molecule has 2 N–H and O–H groups in total. The molecule has 0 aromatic carbocycles. The van der Waals surface area contributed by atoms with Gasteiger partial charge in [-0.15, -0.1) is 0 Å². The number of aromatic nitrogens is 2. The van der Waals surface area contributed by atoms with E-state index in [2.05, 4.69) is 26.5 Å². The molecular formula is C18H30N4O2. The highest BCUT2D eigenvalue weighted by Gasteiger charge is 2.23. The molecule has 6 heteroatoms. The first kappa shape index (κ1) is 17.4. The average Bonchev–Trinajstić information content (AvgIpc) is 3.01. The summed E-state index contributed by atoms with van der Waals surface area (Å²) in [5, 5.41) is 10.4. The van der Waals surface area contributed by atoms with Crippen molar-refractivity contribution in [3.63, 3.8) is 0 Å². The Morgan fingerprint density at radius 1 is 1.42 bits per heavy atom. The number of carbonyl (C=O) groups excluding carboxylic acids is 1. The molecule has 1 saturated carbocycles. The van der Waals surface area contributed by atoms with Crippen LogP contribution in [0.5, 0.6) is 0 Å². The minimum Gasteiger partial charge on any atom is -0.375 e. The number of carbonyl (C=O) groups is 1. The first-order valence-corrected chi connectivity index (χ1v) is 9.33. The van der Waals surface area contributed by atoms with Crippen molar-refractivity contribution in [1.29, 1.82) is 0 Å². The van der Waals surface area contributed by atoms with Gasteiger partial charge in [0.2, 0.25) is 5.91 Å². The van der Waals surface area contributed by atoms with Crippen LogP contribution in [0, 0.1) is 12.8 Å². The highest BCUT2D eigenvalue weighted by atomic mass is 16.5. The van der Waals surface area contributed by atoms with Crippen LogP contribution in [-0.2, 0) is 16.1 Å². The van der Waals surface area contributed by atoms with E-state index in [4.69, 9.17) is 4.74 Å². The zero-order chi connectivity index (χ0) is 16.8. The first-order valence-electron chi connectivity index (χ1n) is 9.33. The molecule has 2 fully saturated rings. The Hall–Kier alpha value is -1.40. The monoisotopic (exact) mass is 334 g/mol. The Bertz CT molecular complexity index is 525. The number of nitrogens with one attached hydrogen (secondary N) is 2. The third-order valence-corrected chi connectivity index (χ3v) is 5.11. The summed E-state index contributed by atoms with van der Waals surface area (Å²) in [7, 11) is 0. The lowest BCUT2D eigenvalue weighted by Gasteiger charge is -2.32. The normalized spacial score (nSPS) is 23.3. The smallest absolute Gasteiger partial charge is 0.223 e. The van der Waals surface area contributed by atoms with Gasteiger partial charge in [0.25, 0.3) is 0 Å². The summed E-state index contributed by atoms with van der Waals surface area (Å²) in [5.41, 5.74) is 2.18. The van der Waals surface area contributed by atoms with Crippen LogP contribution >= 0.6 is 0 Å². The summed E-state index contributed by atoms with van der Waals surface area (Å²) < 4.78 is 5.86. The van der Waals surface area contributed by atoms with Crippen LogP contribution in [0.3, 0.4) is 0 Å². The fraction of sp³-hybridized carbons (Fsp3) is 0.778. The van der Waals surface area contributed by atoms with Gasteiger partial charge < -0.3 is 10.1 Å². The molecule has 2 heterocycles. The molecule has 0 bridgehead atoms. The highest BCUT2D eigenvalue weighted by Crippen LogP contribution is 2.23. The summed E-state index contributed by atoms with van der Waals surface area (Å²) in [6.45, 7) is 6.20. The summed E-state index contributed by atoms with van der Waals surface area (Å²) in [5.74, 6) is 0.486. The minimum absolute atomic E-state index is 0.199. The zero-order valence-electron chi connectivity index (χ0n) is 14.7. The van der Waals surface area contributed by atoms with E-state index in [1.165, 1.54) is 19.3 Å². The Morgan fingerprint density at radius 3 is 3.00 bits per heavy atom. The van der Waals surface area contributed by atoms with Gasteiger partial charge in [0.1, 0.15) is 0 Å². The van der Waals surface area contributed by atoms with Gasteiger partial charge in [-0.3, -0.25) is 14.8 Å². The number of H-pyrrole nitrogens is 1. The fourth-order valence-electron chi connectivity index (χ4n) is 3.75. The molecule has 1 unspecified atom stereocenters. The van der Waals surface area contributed by atoms with Crippen molar-refractivity contribution < 1.29 is 9.53 Å². The summed E-state index contributed by atoms with van der Waals surface area (Å²) in [4.78, 5) is 14.6. The molecule has 1 aromatic heterocycles. The van der Waals surface area contributed by atoms with Gasteiger partial charge >= 0.3 is 0 Å². The molecule has 24 heavy (non-hydrogen) atoms. The standard InChI is InChI=1S/C18H30N4O2/c1-14-11-16(21-20-14)12-22-9-10-24-17(13-22)7-8-19-18(23)15-5-3-2-4-6-15/h11,15,17H,2-10,12-13H2,1H3,(H,19,23)(H,20,21). The van der Waals surface area contributed by atoms with E-state index in [-0.39, 0.29) is 17.9 Å². The lowest BCUT2D eigenvalue weighted by Crippen LogP contribution is -2.43. The number of hydrogen-bond donors (Lipinski definition) is 2. The third-order valence-electron chi connectivity index (χ3n) is 5.11. The largest absolute Gasteiger partial charge is 0.375 e. The van der Waals surface area contributed by atoms with E-state index >= 15 is 0 Å². The number of nitrogens with zero attached hydrogens (tertiary/aromatic N) is 2. The molecular weight excluding hydrogens is 304 g/mol. The maximum absolute atomic E-state index is 12.2. The van der Waals surface area contributed by atoms with Gasteiger partial charge in [-0.05, 0) is 32.3 Å². The molecule has 0 spiro atoms. The van der Waals surface area contributed by atoms with Crippen LogP contribution in [-0.4, -0.2) is 53.3 Å². The van der Waals surface area contributed by atoms with E-state index in [0.29, 0.717) is 0 Å². The number of ether oxygens (including phenoxy) is 1. The van der Waals surface area contributed by atoms with Gasteiger partial charge in [-0.1, -0.05) is 19.3 Å².